The van der Waals surface area contributed by atoms with Crippen LogP contribution in [-0.4, -0.2) is 41.1 Å². The number of rotatable bonds is 7. The molecule has 0 aliphatic carbocycles. The summed E-state index contributed by atoms with van der Waals surface area (Å²) in [4.78, 5) is 40.7. The van der Waals surface area contributed by atoms with Crippen molar-refractivity contribution in [2.75, 3.05) is 18.1 Å². The number of nitrogens with zero attached hydrogens (tertiary/aromatic N) is 1. The van der Waals surface area contributed by atoms with E-state index in [1.54, 1.807) is 55.5 Å². The molecule has 1 unspecified atom stereocenters. The maximum atomic E-state index is 13.6. The van der Waals surface area contributed by atoms with Crippen LogP contribution in [0.4, 0.5) is 5.69 Å². The number of carbonyl (C=O) groups is 3. The molecule has 4 rings (SSSR count). The Kier molecular flexibility index (Phi) is 8.00. The van der Waals surface area contributed by atoms with Crippen LogP contribution in [0, 0.1) is 0 Å². The van der Waals surface area contributed by atoms with Gasteiger partial charge in [-0.25, -0.2) is 4.79 Å². The number of esters is 1. The zero-order valence-corrected chi connectivity index (χ0v) is 23.2. The van der Waals surface area contributed by atoms with Gasteiger partial charge in [-0.15, -0.1) is 0 Å². The molecule has 0 saturated carbocycles. The van der Waals surface area contributed by atoms with Crippen LogP contribution in [0.2, 0.25) is 0 Å². The molecule has 1 aliphatic rings. The van der Waals surface area contributed by atoms with Crippen molar-refractivity contribution in [2.24, 2.45) is 0 Å². The van der Waals surface area contributed by atoms with Gasteiger partial charge >= 0.3 is 5.97 Å². The minimum Gasteiger partial charge on any atom is -0.508 e. The fourth-order valence-electron chi connectivity index (χ4n) is 4.81. The van der Waals surface area contributed by atoms with E-state index in [1.165, 1.54) is 23.1 Å². The fourth-order valence-corrected chi connectivity index (χ4v) is 4.81. The SMILES string of the molecule is CCOC(=O)c1cccc(N2C(=O)C(=O)/C(=C(\O)c3ccc(OCC)c(C(C)(C)C)c3)C2c2cccc(O)c2)c1. The van der Waals surface area contributed by atoms with E-state index in [1.807, 2.05) is 27.7 Å². The molecular weight excluding hydrogens is 510 g/mol. The number of phenolic OH excluding ortho intramolecular Hbond substituents is 1. The number of anilines is 1. The Hall–Kier alpha value is -4.59. The molecule has 8 heteroatoms. The minimum atomic E-state index is -1.07. The van der Waals surface area contributed by atoms with Gasteiger partial charge in [-0.05, 0) is 73.4 Å². The summed E-state index contributed by atoms with van der Waals surface area (Å²) in [6.07, 6.45) is 0. The highest BCUT2D eigenvalue weighted by molar-refractivity contribution is 6.51. The summed E-state index contributed by atoms with van der Waals surface area (Å²) in [5, 5.41) is 21.8. The lowest BCUT2D eigenvalue weighted by Gasteiger charge is -2.26. The Balaban J connectivity index is 1.94. The molecule has 1 atom stereocenters. The number of Topliss-reactive ketones (excluding diaryl/α,β-unsaturated/α-hetero) is 1. The van der Waals surface area contributed by atoms with Crippen LogP contribution in [0.15, 0.2) is 72.3 Å². The van der Waals surface area contributed by atoms with Crippen LogP contribution in [-0.2, 0) is 19.7 Å². The summed E-state index contributed by atoms with van der Waals surface area (Å²) in [5.41, 5.74) is 1.57. The van der Waals surface area contributed by atoms with Gasteiger partial charge in [-0.3, -0.25) is 14.5 Å². The van der Waals surface area contributed by atoms with Gasteiger partial charge in [-0.2, -0.15) is 0 Å². The lowest BCUT2D eigenvalue weighted by atomic mass is 9.84. The number of phenols is 1. The number of hydrogen-bond acceptors (Lipinski definition) is 7. The highest BCUT2D eigenvalue weighted by Crippen LogP contribution is 2.44. The maximum absolute atomic E-state index is 13.6. The molecule has 0 bridgehead atoms. The van der Waals surface area contributed by atoms with Gasteiger partial charge in [-0.1, -0.05) is 39.0 Å². The third kappa shape index (κ3) is 5.43. The zero-order chi connectivity index (χ0) is 29.2. The van der Waals surface area contributed by atoms with Crippen LogP contribution >= 0.6 is 0 Å². The molecule has 0 radical (unpaired) electrons. The molecule has 1 amide bonds. The summed E-state index contributed by atoms with van der Waals surface area (Å²) in [7, 11) is 0. The lowest BCUT2D eigenvalue weighted by Crippen LogP contribution is -2.29. The van der Waals surface area contributed by atoms with E-state index in [-0.39, 0.29) is 40.4 Å². The average molecular weight is 544 g/mol. The highest BCUT2D eigenvalue weighted by atomic mass is 16.5. The second-order valence-electron chi connectivity index (χ2n) is 10.4. The lowest BCUT2D eigenvalue weighted by molar-refractivity contribution is -0.132. The molecule has 3 aromatic rings. The fraction of sp³-hybridized carbons (Fsp3) is 0.281. The number of ketones is 1. The number of aromatic hydroxyl groups is 1. The van der Waals surface area contributed by atoms with Crippen LogP contribution in [0.1, 0.15) is 67.7 Å². The molecule has 0 aromatic heterocycles. The zero-order valence-electron chi connectivity index (χ0n) is 23.2. The molecule has 40 heavy (non-hydrogen) atoms. The van der Waals surface area contributed by atoms with E-state index >= 15 is 0 Å². The normalized spacial score (nSPS) is 16.7. The van der Waals surface area contributed by atoms with Crippen LogP contribution < -0.4 is 9.64 Å². The Morgan fingerprint density at radius 2 is 1.65 bits per heavy atom. The first-order valence-electron chi connectivity index (χ1n) is 13.1. The van der Waals surface area contributed by atoms with Crippen molar-refractivity contribution in [2.45, 2.75) is 46.1 Å². The largest absolute Gasteiger partial charge is 0.508 e. The third-order valence-corrected chi connectivity index (χ3v) is 6.63. The van der Waals surface area contributed by atoms with E-state index in [9.17, 15) is 24.6 Å². The summed E-state index contributed by atoms with van der Waals surface area (Å²) < 4.78 is 10.9. The predicted molar refractivity (Wildman–Crippen MR) is 152 cm³/mol. The van der Waals surface area contributed by atoms with Gasteiger partial charge in [0.1, 0.15) is 17.3 Å². The van der Waals surface area contributed by atoms with Crippen molar-refractivity contribution < 1.29 is 34.1 Å². The Bertz CT molecular complexity index is 1500. The first-order valence-corrected chi connectivity index (χ1v) is 13.1. The van der Waals surface area contributed by atoms with Crippen LogP contribution in [0.5, 0.6) is 11.5 Å². The van der Waals surface area contributed by atoms with Crippen molar-refractivity contribution in [3.63, 3.8) is 0 Å². The van der Waals surface area contributed by atoms with E-state index < -0.39 is 23.7 Å². The van der Waals surface area contributed by atoms with E-state index in [2.05, 4.69) is 0 Å². The van der Waals surface area contributed by atoms with Crippen molar-refractivity contribution in [1.29, 1.82) is 0 Å². The molecule has 2 N–H and O–H groups in total. The molecule has 3 aromatic carbocycles. The highest BCUT2D eigenvalue weighted by Gasteiger charge is 2.47. The topological polar surface area (TPSA) is 113 Å². The van der Waals surface area contributed by atoms with E-state index in [0.717, 1.165) is 5.56 Å². The number of carbonyl (C=O) groups excluding carboxylic acids is 3. The molecule has 0 spiro atoms. The molecular formula is C32H33NO7. The molecule has 1 heterocycles. The standard InChI is InChI=1S/C32H33NO7/c1-6-39-25-15-14-20(18-24(25)32(3,4)5)28(35)26-27(19-10-9-13-23(34)17-19)33(30(37)29(26)36)22-12-8-11-21(16-22)31(38)40-7-2/h8-18,27,34-35H,6-7H2,1-5H3/b28-26-. The Morgan fingerprint density at radius 3 is 2.30 bits per heavy atom. The quantitative estimate of drug-likeness (QED) is 0.165. The van der Waals surface area contributed by atoms with Crippen molar-refractivity contribution >= 4 is 29.1 Å². The molecule has 1 aliphatic heterocycles. The number of aliphatic hydroxyl groups is 1. The summed E-state index contributed by atoms with van der Waals surface area (Å²) >= 11 is 0. The van der Waals surface area contributed by atoms with Crippen molar-refractivity contribution in [3.8, 4) is 11.5 Å². The first-order chi connectivity index (χ1) is 19.0. The van der Waals surface area contributed by atoms with Crippen molar-refractivity contribution in [3.05, 3.63) is 94.6 Å². The maximum Gasteiger partial charge on any atom is 0.338 e. The molecule has 1 fully saturated rings. The van der Waals surface area contributed by atoms with Crippen LogP contribution in [0.25, 0.3) is 5.76 Å². The summed E-state index contributed by atoms with van der Waals surface area (Å²) in [5.74, 6) is -2.11. The monoisotopic (exact) mass is 543 g/mol. The molecule has 1 saturated heterocycles. The van der Waals surface area contributed by atoms with Crippen LogP contribution in [0.3, 0.4) is 0 Å². The van der Waals surface area contributed by atoms with Gasteiger partial charge in [0.2, 0.25) is 0 Å². The second kappa shape index (κ2) is 11.3. The van der Waals surface area contributed by atoms with Gasteiger partial charge in [0.25, 0.3) is 11.7 Å². The van der Waals surface area contributed by atoms with Crippen molar-refractivity contribution in [1.82, 2.24) is 0 Å². The number of aliphatic hydroxyl groups excluding tert-OH is 1. The second-order valence-corrected chi connectivity index (χ2v) is 10.4. The minimum absolute atomic E-state index is 0.0700. The van der Waals surface area contributed by atoms with Gasteiger partial charge < -0.3 is 19.7 Å². The number of benzene rings is 3. The van der Waals surface area contributed by atoms with Gasteiger partial charge in [0, 0.05) is 16.8 Å². The Morgan fingerprint density at radius 1 is 0.925 bits per heavy atom. The predicted octanol–water partition coefficient (Wildman–Crippen LogP) is 5.89. The Labute approximate surface area is 233 Å². The smallest absolute Gasteiger partial charge is 0.338 e. The number of hydrogen-bond donors (Lipinski definition) is 2. The number of ether oxygens (including phenoxy) is 2. The van der Waals surface area contributed by atoms with Gasteiger partial charge in [0.15, 0.2) is 0 Å². The first kappa shape index (κ1) is 28.4. The third-order valence-electron chi connectivity index (χ3n) is 6.63. The number of amides is 1. The van der Waals surface area contributed by atoms with E-state index in [4.69, 9.17) is 9.47 Å². The average Bonchev–Trinajstić information content (AvgIpc) is 3.18. The van der Waals surface area contributed by atoms with Gasteiger partial charge in [0.05, 0.1) is 30.4 Å². The molecule has 8 nitrogen and oxygen atoms in total. The molecule has 208 valence electrons. The summed E-state index contributed by atoms with van der Waals surface area (Å²) in [6.45, 7) is 10.2. The summed E-state index contributed by atoms with van der Waals surface area (Å²) in [6, 6.07) is 16.4. The van der Waals surface area contributed by atoms with E-state index in [0.29, 0.717) is 23.5 Å².